The zero-order chi connectivity index (χ0) is 20.9. The van der Waals surface area contributed by atoms with Crippen molar-refractivity contribution in [3.8, 4) is 22.5 Å². The van der Waals surface area contributed by atoms with Gasteiger partial charge in [0.05, 0.1) is 11.4 Å². The molecule has 1 amide bonds. The van der Waals surface area contributed by atoms with Crippen LogP contribution in [0.5, 0.6) is 0 Å². The summed E-state index contributed by atoms with van der Waals surface area (Å²) in [5.74, 6) is -0.0670. The van der Waals surface area contributed by atoms with Crippen LogP contribution in [-0.4, -0.2) is 53.2 Å². The molecule has 4 rings (SSSR count). The number of hydrogen-bond donors (Lipinski definition) is 3. The van der Waals surface area contributed by atoms with E-state index in [2.05, 4.69) is 50.0 Å². The molecule has 156 valence electrons. The summed E-state index contributed by atoms with van der Waals surface area (Å²) >= 11 is 0. The van der Waals surface area contributed by atoms with Gasteiger partial charge in [-0.05, 0) is 43.2 Å². The molecule has 2 aromatic carbocycles. The molecule has 0 unspecified atom stereocenters. The lowest BCUT2D eigenvalue weighted by atomic mass is 10.1. The minimum atomic E-state index is -0.0670. The Morgan fingerprint density at radius 3 is 2.57 bits per heavy atom. The van der Waals surface area contributed by atoms with Crippen LogP contribution in [0.4, 0.5) is 0 Å². The monoisotopic (exact) mass is 403 g/mol. The van der Waals surface area contributed by atoms with Crippen LogP contribution >= 0.6 is 0 Å². The average Bonchev–Trinajstić information content (AvgIpc) is 3.25. The Morgan fingerprint density at radius 2 is 1.83 bits per heavy atom. The van der Waals surface area contributed by atoms with Crippen molar-refractivity contribution in [2.75, 3.05) is 26.2 Å². The van der Waals surface area contributed by atoms with Gasteiger partial charge >= 0.3 is 0 Å². The number of nitrogens with zero attached hydrogens (tertiary/aromatic N) is 2. The van der Waals surface area contributed by atoms with Gasteiger partial charge in [-0.15, -0.1) is 0 Å². The van der Waals surface area contributed by atoms with E-state index >= 15 is 0 Å². The summed E-state index contributed by atoms with van der Waals surface area (Å²) in [6, 6.07) is 18.4. The van der Waals surface area contributed by atoms with Crippen LogP contribution in [0, 0.1) is 0 Å². The second-order valence-electron chi connectivity index (χ2n) is 8.10. The van der Waals surface area contributed by atoms with Crippen LogP contribution < -0.4 is 10.6 Å². The van der Waals surface area contributed by atoms with Gasteiger partial charge in [0.1, 0.15) is 0 Å². The van der Waals surface area contributed by atoms with Crippen molar-refractivity contribution in [3.05, 3.63) is 65.7 Å². The Morgan fingerprint density at radius 1 is 1.07 bits per heavy atom. The number of benzene rings is 2. The van der Waals surface area contributed by atoms with Crippen LogP contribution in [0.15, 0.2) is 54.6 Å². The highest BCUT2D eigenvalue weighted by atomic mass is 16.1. The van der Waals surface area contributed by atoms with Gasteiger partial charge in [0.2, 0.25) is 0 Å². The highest BCUT2D eigenvalue weighted by molar-refractivity contribution is 5.95. The summed E-state index contributed by atoms with van der Waals surface area (Å²) in [6.45, 7) is 9.22. The minimum Gasteiger partial charge on any atom is -0.350 e. The van der Waals surface area contributed by atoms with Crippen molar-refractivity contribution in [1.29, 1.82) is 0 Å². The topological polar surface area (TPSA) is 73.1 Å². The Labute approximate surface area is 177 Å². The van der Waals surface area contributed by atoms with Crippen LogP contribution in [-0.2, 0) is 6.54 Å². The summed E-state index contributed by atoms with van der Waals surface area (Å²) in [6.07, 6.45) is 0. The molecule has 0 spiro atoms. The first-order chi connectivity index (χ1) is 14.6. The standard InChI is InChI=1S/C24H29N5O/c1-17(2)26-24(30)21-5-3-4-20(14-21)23-15-22(27-28-23)19-8-6-18(7-9-19)16-29-12-10-25-11-13-29/h3-9,14-15,17,25H,10-13,16H2,1-2H3,(H,26,30)(H,27,28). The molecule has 0 aliphatic carbocycles. The normalized spacial score (nSPS) is 14.8. The van der Waals surface area contributed by atoms with Crippen LogP contribution in [0.1, 0.15) is 29.8 Å². The van der Waals surface area contributed by atoms with E-state index in [1.807, 2.05) is 44.2 Å². The fourth-order valence-corrected chi connectivity index (χ4v) is 3.70. The van der Waals surface area contributed by atoms with E-state index in [1.54, 1.807) is 0 Å². The quantitative estimate of drug-likeness (QED) is 0.591. The maximum Gasteiger partial charge on any atom is 0.251 e. The number of nitrogens with one attached hydrogen (secondary N) is 3. The zero-order valence-corrected chi connectivity index (χ0v) is 17.6. The third kappa shape index (κ3) is 4.96. The SMILES string of the molecule is CC(C)NC(=O)c1cccc(-c2cc(-c3ccc(CN4CCNCC4)cc3)[nH]n2)c1. The Balaban J connectivity index is 1.47. The van der Waals surface area contributed by atoms with E-state index in [1.165, 1.54) is 5.56 Å². The van der Waals surface area contributed by atoms with E-state index < -0.39 is 0 Å². The third-order valence-electron chi connectivity index (χ3n) is 5.30. The highest BCUT2D eigenvalue weighted by Gasteiger charge is 2.12. The molecule has 0 saturated carbocycles. The van der Waals surface area contributed by atoms with Crippen molar-refractivity contribution in [3.63, 3.8) is 0 Å². The van der Waals surface area contributed by atoms with Crippen molar-refractivity contribution < 1.29 is 4.79 Å². The largest absolute Gasteiger partial charge is 0.350 e. The minimum absolute atomic E-state index is 0.0670. The number of carbonyl (C=O) groups is 1. The van der Waals surface area contributed by atoms with E-state index in [0.29, 0.717) is 5.56 Å². The summed E-state index contributed by atoms with van der Waals surface area (Å²) in [5, 5.41) is 13.9. The number of aromatic amines is 1. The summed E-state index contributed by atoms with van der Waals surface area (Å²) in [7, 11) is 0. The molecule has 1 saturated heterocycles. The number of carbonyl (C=O) groups excluding carboxylic acids is 1. The Kier molecular flexibility index (Phi) is 6.26. The fraction of sp³-hybridized carbons (Fsp3) is 0.333. The smallest absolute Gasteiger partial charge is 0.251 e. The number of piperazine rings is 1. The van der Waals surface area contributed by atoms with Crippen molar-refractivity contribution in [2.24, 2.45) is 0 Å². The van der Waals surface area contributed by atoms with Gasteiger partial charge in [-0.25, -0.2) is 0 Å². The first kappa shape index (κ1) is 20.3. The number of hydrogen-bond acceptors (Lipinski definition) is 4. The lowest BCUT2D eigenvalue weighted by molar-refractivity contribution is 0.0943. The molecular formula is C24H29N5O. The van der Waals surface area contributed by atoms with Crippen LogP contribution in [0.25, 0.3) is 22.5 Å². The van der Waals surface area contributed by atoms with E-state index in [4.69, 9.17) is 0 Å². The molecule has 6 heteroatoms. The molecule has 2 heterocycles. The maximum absolute atomic E-state index is 12.3. The highest BCUT2D eigenvalue weighted by Crippen LogP contribution is 2.25. The molecule has 0 atom stereocenters. The van der Waals surface area contributed by atoms with Crippen molar-refractivity contribution >= 4 is 5.91 Å². The number of rotatable bonds is 6. The van der Waals surface area contributed by atoms with Crippen LogP contribution in [0.3, 0.4) is 0 Å². The second kappa shape index (κ2) is 9.24. The molecule has 1 aliphatic rings. The molecule has 6 nitrogen and oxygen atoms in total. The first-order valence-electron chi connectivity index (χ1n) is 10.6. The summed E-state index contributed by atoms with van der Waals surface area (Å²) in [5.41, 5.74) is 5.79. The van der Waals surface area contributed by atoms with Gasteiger partial charge in [-0.2, -0.15) is 5.10 Å². The number of aromatic nitrogens is 2. The molecule has 3 aromatic rings. The van der Waals surface area contributed by atoms with Gasteiger partial charge in [0.15, 0.2) is 0 Å². The van der Waals surface area contributed by atoms with E-state index in [9.17, 15) is 4.79 Å². The van der Waals surface area contributed by atoms with Gasteiger partial charge in [0, 0.05) is 49.9 Å². The maximum atomic E-state index is 12.3. The molecule has 0 bridgehead atoms. The van der Waals surface area contributed by atoms with E-state index in [-0.39, 0.29) is 11.9 Å². The first-order valence-corrected chi connectivity index (χ1v) is 10.6. The van der Waals surface area contributed by atoms with Gasteiger partial charge in [0.25, 0.3) is 5.91 Å². The van der Waals surface area contributed by atoms with Crippen molar-refractivity contribution in [1.82, 2.24) is 25.7 Å². The molecule has 3 N–H and O–H groups in total. The Bertz CT molecular complexity index is 987. The van der Waals surface area contributed by atoms with Gasteiger partial charge < -0.3 is 10.6 Å². The molecular weight excluding hydrogens is 374 g/mol. The predicted molar refractivity (Wildman–Crippen MR) is 120 cm³/mol. The number of H-pyrrole nitrogens is 1. The molecule has 30 heavy (non-hydrogen) atoms. The average molecular weight is 404 g/mol. The zero-order valence-electron chi connectivity index (χ0n) is 17.6. The fourth-order valence-electron chi connectivity index (χ4n) is 3.70. The molecule has 1 aliphatic heterocycles. The predicted octanol–water partition coefficient (Wildman–Crippen LogP) is 3.29. The molecule has 0 radical (unpaired) electrons. The lowest BCUT2D eigenvalue weighted by Gasteiger charge is -2.27. The number of amides is 1. The van der Waals surface area contributed by atoms with Gasteiger partial charge in [-0.3, -0.25) is 14.8 Å². The van der Waals surface area contributed by atoms with Crippen molar-refractivity contribution in [2.45, 2.75) is 26.4 Å². The second-order valence-corrected chi connectivity index (χ2v) is 8.10. The third-order valence-corrected chi connectivity index (χ3v) is 5.30. The van der Waals surface area contributed by atoms with Gasteiger partial charge in [-0.1, -0.05) is 36.4 Å². The van der Waals surface area contributed by atoms with Crippen LogP contribution in [0.2, 0.25) is 0 Å². The molecule has 1 aromatic heterocycles. The lowest BCUT2D eigenvalue weighted by Crippen LogP contribution is -2.42. The Hall–Kier alpha value is -2.96. The molecule has 1 fully saturated rings. The summed E-state index contributed by atoms with van der Waals surface area (Å²) < 4.78 is 0. The van der Waals surface area contributed by atoms with E-state index in [0.717, 1.165) is 55.2 Å². The summed E-state index contributed by atoms with van der Waals surface area (Å²) in [4.78, 5) is 14.8.